The van der Waals surface area contributed by atoms with Crippen molar-refractivity contribution in [3.63, 3.8) is 0 Å². The fourth-order valence-corrected chi connectivity index (χ4v) is 2.10. The second kappa shape index (κ2) is 5.19. The molecule has 4 heteroatoms. The Labute approximate surface area is 89.4 Å². The van der Waals surface area contributed by atoms with Gasteiger partial charge in [0.1, 0.15) is 0 Å². The number of nitrogens with one attached hydrogen (secondary N) is 1. The van der Waals surface area contributed by atoms with Crippen LogP contribution in [0.4, 0.5) is 13.2 Å². The van der Waals surface area contributed by atoms with Crippen molar-refractivity contribution in [1.29, 1.82) is 0 Å². The second-order valence-electron chi connectivity index (χ2n) is 4.82. The van der Waals surface area contributed by atoms with Gasteiger partial charge in [-0.1, -0.05) is 13.8 Å². The summed E-state index contributed by atoms with van der Waals surface area (Å²) in [5.41, 5.74) is 0. The van der Waals surface area contributed by atoms with Crippen LogP contribution in [-0.2, 0) is 0 Å². The van der Waals surface area contributed by atoms with Crippen LogP contribution in [0.25, 0.3) is 0 Å². The van der Waals surface area contributed by atoms with Gasteiger partial charge < -0.3 is 5.32 Å². The molecular formula is C11H20F3N. The molecule has 0 aromatic carbocycles. The normalized spacial score (nSPS) is 28.4. The summed E-state index contributed by atoms with van der Waals surface area (Å²) in [6, 6.07) is 0.422. The molecule has 0 aliphatic heterocycles. The first-order valence-corrected chi connectivity index (χ1v) is 5.69. The Morgan fingerprint density at radius 2 is 1.67 bits per heavy atom. The Kier molecular flexibility index (Phi) is 4.44. The van der Waals surface area contributed by atoms with Gasteiger partial charge in [-0.2, -0.15) is 13.2 Å². The monoisotopic (exact) mass is 223 g/mol. The Bertz CT molecular complexity index is 181. The van der Waals surface area contributed by atoms with Crippen LogP contribution in [0.1, 0.15) is 39.5 Å². The first kappa shape index (κ1) is 12.8. The van der Waals surface area contributed by atoms with Gasteiger partial charge in [0.05, 0.1) is 5.92 Å². The number of hydrogen-bond donors (Lipinski definition) is 1. The van der Waals surface area contributed by atoms with Crippen molar-refractivity contribution in [2.75, 3.05) is 6.54 Å². The first-order chi connectivity index (χ1) is 6.89. The van der Waals surface area contributed by atoms with E-state index in [1.54, 1.807) is 0 Å². The Balaban J connectivity index is 2.24. The highest BCUT2D eigenvalue weighted by Crippen LogP contribution is 2.39. The van der Waals surface area contributed by atoms with Crippen LogP contribution in [0.15, 0.2) is 0 Å². The van der Waals surface area contributed by atoms with Crippen LogP contribution in [0.3, 0.4) is 0 Å². The Morgan fingerprint density at radius 1 is 1.13 bits per heavy atom. The zero-order valence-corrected chi connectivity index (χ0v) is 9.40. The van der Waals surface area contributed by atoms with Crippen LogP contribution < -0.4 is 5.32 Å². The van der Waals surface area contributed by atoms with Gasteiger partial charge in [-0.05, 0) is 38.1 Å². The van der Waals surface area contributed by atoms with Crippen molar-refractivity contribution < 1.29 is 13.2 Å². The summed E-state index contributed by atoms with van der Waals surface area (Å²) in [4.78, 5) is 0. The van der Waals surface area contributed by atoms with E-state index in [-0.39, 0.29) is 0 Å². The largest absolute Gasteiger partial charge is 0.391 e. The van der Waals surface area contributed by atoms with E-state index in [1.807, 2.05) is 0 Å². The van der Waals surface area contributed by atoms with Gasteiger partial charge in [0.25, 0.3) is 0 Å². The van der Waals surface area contributed by atoms with Gasteiger partial charge in [-0.15, -0.1) is 0 Å². The lowest BCUT2D eigenvalue weighted by Crippen LogP contribution is -2.34. The van der Waals surface area contributed by atoms with Crippen molar-refractivity contribution >= 4 is 0 Å². The third kappa shape index (κ3) is 4.41. The SMILES string of the molecule is CC(C)NC[C@H]1CC[C@H](C(F)(F)F)CC1. The molecule has 1 aliphatic carbocycles. The summed E-state index contributed by atoms with van der Waals surface area (Å²) in [5.74, 6) is -0.612. The standard InChI is InChI=1S/C11H20F3N/c1-8(2)15-7-9-3-5-10(6-4-9)11(12,13)14/h8-10,15H,3-7H2,1-2H3/t9-,10-. The zero-order valence-electron chi connectivity index (χ0n) is 9.40. The fraction of sp³-hybridized carbons (Fsp3) is 1.00. The molecule has 0 aromatic heterocycles. The van der Waals surface area contributed by atoms with Crippen LogP contribution in [0.2, 0.25) is 0 Å². The third-order valence-electron chi connectivity index (χ3n) is 3.12. The average molecular weight is 223 g/mol. The number of alkyl halides is 3. The number of halogens is 3. The van der Waals surface area contributed by atoms with Gasteiger partial charge in [-0.25, -0.2) is 0 Å². The maximum atomic E-state index is 12.4. The van der Waals surface area contributed by atoms with E-state index >= 15 is 0 Å². The molecule has 1 N–H and O–H groups in total. The Morgan fingerprint density at radius 3 is 2.07 bits per heavy atom. The van der Waals surface area contributed by atoms with Gasteiger partial charge in [-0.3, -0.25) is 0 Å². The predicted octanol–water partition coefficient (Wildman–Crippen LogP) is 3.35. The lowest BCUT2D eigenvalue weighted by Gasteiger charge is -2.30. The molecule has 0 unspecified atom stereocenters. The molecule has 15 heavy (non-hydrogen) atoms. The molecule has 1 aliphatic rings. The van der Waals surface area contributed by atoms with Crippen LogP contribution in [-0.4, -0.2) is 18.8 Å². The van der Waals surface area contributed by atoms with Crippen molar-refractivity contribution in [2.45, 2.75) is 51.7 Å². The third-order valence-corrected chi connectivity index (χ3v) is 3.12. The Hall–Kier alpha value is -0.250. The van der Waals surface area contributed by atoms with Gasteiger partial charge in [0.15, 0.2) is 0 Å². The molecule has 0 bridgehead atoms. The summed E-state index contributed by atoms with van der Waals surface area (Å²) in [6.45, 7) is 4.98. The molecule has 0 amide bonds. The molecule has 1 fully saturated rings. The molecule has 0 atom stereocenters. The minimum Gasteiger partial charge on any atom is -0.314 e. The second-order valence-corrected chi connectivity index (χ2v) is 4.82. The summed E-state index contributed by atoms with van der Waals surface area (Å²) < 4.78 is 37.1. The predicted molar refractivity (Wildman–Crippen MR) is 54.6 cm³/mol. The molecule has 0 radical (unpaired) electrons. The highest BCUT2D eigenvalue weighted by molar-refractivity contribution is 4.78. The highest BCUT2D eigenvalue weighted by Gasteiger charge is 2.41. The maximum Gasteiger partial charge on any atom is 0.391 e. The van der Waals surface area contributed by atoms with Crippen LogP contribution in [0, 0.1) is 11.8 Å². The lowest BCUT2D eigenvalue weighted by molar-refractivity contribution is -0.183. The summed E-state index contributed by atoms with van der Waals surface area (Å²) >= 11 is 0. The van der Waals surface area contributed by atoms with Gasteiger partial charge in [0, 0.05) is 6.04 Å². The van der Waals surface area contributed by atoms with Crippen LogP contribution >= 0.6 is 0 Å². The van der Waals surface area contributed by atoms with Crippen molar-refractivity contribution in [1.82, 2.24) is 5.32 Å². The molecule has 90 valence electrons. The minimum absolute atomic E-state index is 0.313. The summed E-state index contributed by atoms with van der Waals surface area (Å²) in [7, 11) is 0. The molecule has 0 heterocycles. The number of hydrogen-bond acceptors (Lipinski definition) is 1. The maximum absolute atomic E-state index is 12.4. The average Bonchev–Trinajstić information content (AvgIpc) is 2.14. The van der Waals surface area contributed by atoms with E-state index < -0.39 is 12.1 Å². The van der Waals surface area contributed by atoms with Gasteiger partial charge in [0.2, 0.25) is 0 Å². The minimum atomic E-state index is -3.98. The molecule has 0 spiro atoms. The van der Waals surface area contributed by atoms with E-state index in [4.69, 9.17) is 0 Å². The number of rotatable bonds is 3. The molecule has 0 aromatic rings. The van der Waals surface area contributed by atoms with Crippen LogP contribution in [0.5, 0.6) is 0 Å². The van der Waals surface area contributed by atoms with E-state index in [2.05, 4.69) is 19.2 Å². The topological polar surface area (TPSA) is 12.0 Å². The molecule has 1 nitrogen and oxygen atoms in total. The zero-order chi connectivity index (χ0) is 11.5. The van der Waals surface area contributed by atoms with Gasteiger partial charge >= 0.3 is 6.18 Å². The van der Waals surface area contributed by atoms with Crippen molar-refractivity contribution in [3.05, 3.63) is 0 Å². The highest BCUT2D eigenvalue weighted by atomic mass is 19.4. The van der Waals surface area contributed by atoms with E-state index in [0.717, 1.165) is 6.54 Å². The molecule has 0 saturated heterocycles. The summed E-state index contributed by atoms with van der Waals surface area (Å²) in [5, 5.41) is 3.29. The van der Waals surface area contributed by atoms with E-state index in [1.165, 1.54) is 0 Å². The lowest BCUT2D eigenvalue weighted by atomic mass is 9.81. The van der Waals surface area contributed by atoms with E-state index in [9.17, 15) is 13.2 Å². The fourth-order valence-electron chi connectivity index (χ4n) is 2.10. The van der Waals surface area contributed by atoms with Crippen molar-refractivity contribution in [2.24, 2.45) is 11.8 Å². The molecule has 1 rings (SSSR count). The quantitative estimate of drug-likeness (QED) is 0.773. The first-order valence-electron chi connectivity index (χ1n) is 5.69. The molecule has 1 saturated carbocycles. The summed E-state index contributed by atoms with van der Waals surface area (Å²) in [6.07, 6.45) is -1.92. The van der Waals surface area contributed by atoms with Crippen molar-refractivity contribution in [3.8, 4) is 0 Å². The molecular weight excluding hydrogens is 203 g/mol. The van der Waals surface area contributed by atoms with E-state index in [0.29, 0.717) is 37.6 Å². The smallest absolute Gasteiger partial charge is 0.314 e.